The molecule has 1 saturated carbocycles. The van der Waals surface area contributed by atoms with Crippen molar-refractivity contribution in [2.45, 2.75) is 156 Å². The van der Waals surface area contributed by atoms with Gasteiger partial charge in [0.05, 0.1) is 6.10 Å². The minimum absolute atomic E-state index is 0.453. The highest BCUT2D eigenvalue weighted by molar-refractivity contribution is 5.92. The Hall–Kier alpha value is -0.830. The van der Waals surface area contributed by atoms with E-state index in [4.69, 9.17) is 9.84 Å². The van der Waals surface area contributed by atoms with Crippen molar-refractivity contribution in [2.75, 3.05) is 6.61 Å². The molecule has 0 spiro atoms. The third-order valence-corrected chi connectivity index (χ3v) is 7.95. The molecule has 1 N–H and O–H groups in total. The van der Waals surface area contributed by atoms with Gasteiger partial charge in [-0.25, -0.2) is 0 Å². The molecule has 1 fully saturated rings. The minimum Gasteiger partial charge on any atom is -0.378 e. The third kappa shape index (κ3) is 10.5. The zero-order valence-corrected chi connectivity index (χ0v) is 22.7. The van der Waals surface area contributed by atoms with Crippen LogP contribution in [0.15, 0.2) is 16.4 Å². The fraction of sp³-hybridized carbons (Fsp3) is 0.900. The van der Waals surface area contributed by atoms with Gasteiger partial charge < -0.3 is 4.74 Å². The quantitative estimate of drug-likeness (QED) is 0.219. The van der Waals surface area contributed by atoms with Gasteiger partial charge in [-0.2, -0.15) is 5.10 Å². The Morgan fingerprint density at radius 1 is 0.818 bits per heavy atom. The maximum Gasteiger partial charge on any atom is 0.0578 e. The zero-order chi connectivity index (χ0) is 23.7. The van der Waals surface area contributed by atoms with Gasteiger partial charge in [-0.15, -0.1) is 0 Å². The highest BCUT2D eigenvalue weighted by atomic mass is 16.5. The van der Waals surface area contributed by atoms with Gasteiger partial charge in [0.25, 0.3) is 0 Å². The van der Waals surface area contributed by atoms with E-state index in [-0.39, 0.29) is 0 Å². The lowest BCUT2D eigenvalue weighted by Gasteiger charge is -2.35. The lowest BCUT2D eigenvalue weighted by molar-refractivity contribution is 0.0350. The lowest BCUT2D eigenvalue weighted by atomic mass is 9.75. The van der Waals surface area contributed by atoms with Crippen molar-refractivity contribution in [1.29, 1.82) is 0 Å². The second kappa shape index (κ2) is 17.6. The molecule has 0 aromatic rings. The van der Waals surface area contributed by atoms with Crippen LogP contribution in [0.2, 0.25) is 0 Å². The Balaban J connectivity index is 1.88. The molecule has 2 rings (SSSR count). The highest BCUT2D eigenvalue weighted by Crippen LogP contribution is 2.37. The van der Waals surface area contributed by atoms with Gasteiger partial charge in [0.2, 0.25) is 0 Å². The van der Waals surface area contributed by atoms with Crippen molar-refractivity contribution < 1.29 is 4.74 Å². The summed E-state index contributed by atoms with van der Waals surface area (Å²) in [5, 5.41) is 5.01. The van der Waals surface area contributed by atoms with Gasteiger partial charge in [0.1, 0.15) is 0 Å². The molecule has 0 radical (unpaired) electrons. The first-order chi connectivity index (χ1) is 16.2. The molecule has 0 bridgehead atoms. The van der Waals surface area contributed by atoms with Crippen LogP contribution < -0.4 is 5.43 Å². The van der Waals surface area contributed by atoms with Gasteiger partial charge in [-0.05, 0) is 69.8 Å². The fourth-order valence-electron chi connectivity index (χ4n) is 5.82. The Labute approximate surface area is 206 Å². The van der Waals surface area contributed by atoms with E-state index in [1.54, 1.807) is 5.57 Å². The molecule has 0 saturated heterocycles. The van der Waals surface area contributed by atoms with Gasteiger partial charge >= 0.3 is 0 Å². The molecule has 33 heavy (non-hydrogen) atoms. The van der Waals surface area contributed by atoms with Crippen LogP contribution in [0.4, 0.5) is 0 Å². The summed E-state index contributed by atoms with van der Waals surface area (Å²) in [5.41, 5.74) is 7.91. The van der Waals surface area contributed by atoms with Crippen LogP contribution in [0.5, 0.6) is 0 Å². The van der Waals surface area contributed by atoms with Crippen LogP contribution in [0.3, 0.4) is 0 Å². The van der Waals surface area contributed by atoms with Crippen LogP contribution in [0.25, 0.3) is 0 Å². The van der Waals surface area contributed by atoms with Gasteiger partial charge in [0, 0.05) is 23.9 Å². The van der Waals surface area contributed by atoms with Crippen molar-refractivity contribution in [3.05, 3.63) is 11.3 Å². The number of rotatable bonds is 17. The molecule has 1 heterocycles. The second-order valence-electron chi connectivity index (χ2n) is 10.8. The van der Waals surface area contributed by atoms with Crippen molar-refractivity contribution in [2.24, 2.45) is 16.9 Å². The van der Waals surface area contributed by atoms with E-state index >= 15 is 0 Å². The maximum absolute atomic E-state index is 6.37. The molecule has 2 aliphatic rings. The molecular weight excluding hydrogens is 404 g/mol. The number of hydrogen-bond acceptors (Lipinski definition) is 3. The summed E-state index contributed by atoms with van der Waals surface area (Å²) in [7, 11) is 0. The Morgan fingerprint density at radius 3 is 2.24 bits per heavy atom. The number of hydrogen-bond donors (Lipinski definition) is 1. The predicted molar refractivity (Wildman–Crippen MR) is 145 cm³/mol. The third-order valence-electron chi connectivity index (χ3n) is 7.95. The maximum atomic E-state index is 6.37. The molecular formula is C30H56N2O. The summed E-state index contributed by atoms with van der Waals surface area (Å²) in [6.07, 6.45) is 25.3. The smallest absolute Gasteiger partial charge is 0.0578 e. The molecule has 0 amide bonds. The average Bonchev–Trinajstić information content (AvgIpc) is 2.80. The number of ether oxygens (including phenoxy) is 1. The molecule has 3 heteroatoms. The fourth-order valence-corrected chi connectivity index (χ4v) is 5.82. The zero-order valence-electron chi connectivity index (χ0n) is 22.7. The van der Waals surface area contributed by atoms with E-state index in [1.807, 2.05) is 0 Å². The first-order valence-electron chi connectivity index (χ1n) is 14.9. The number of fused-ring (bicyclic) bond motifs is 1. The first-order valence-corrected chi connectivity index (χ1v) is 14.9. The van der Waals surface area contributed by atoms with E-state index in [2.05, 4.69) is 33.1 Å². The Bertz CT molecular complexity index is 568. The second-order valence-corrected chi connectivity index (χ2v) is 10.8. The van der Waals surface area contributed by atoms with Crippen molar-refractivity contribution in [3.63, 3.8) is 0 Å². The van der Waals surface area contributed by atoms with E-state index in [1.165, 1.54) is 133 Å². The molecule has 0 aromatic carbocycles. The van der Waals surface area contributed by atoms with E-state index in [0.29, 0.717) is 17.9 Å². The summed E-state index contributed by atoms with van der Waals surface area (Å²) < 4.78 is 6.37. The van der Waals surface area contributed by atoms with Crippen molar-refractivity contribution in [1.82, 2.24) is 5.43 Å². The molecule has 1 aliphatic carbocycles. The van der Waals surface area contributed by atoms with Crippen LogP contribution in [0, 0.1) is 11.8 Å². The molecule has 3 atom stereocenters. The Kier molecular flexibility index (Phi) is 15.1. The topological polar surface area (TPSA) is 33.6 Å². The number of unbranched alkanes of at least 4 members (excludes halogenated alkanes) is 9. The first kappa shape index (κ1) is 28.4. The number of hydrazone groups is 1. The molecule has 1 aliphatic heterocycles. The van der Waals surface area contributed by atoms with Gasteiger partial charge in [-0.3, -0.25) is 5.43 Å². The standard InChI is InChI=1S/C30H56N2O/c1-5-8-11-13-14-16-24-33-27-20-17-21-29-28(23-22-27)25(4)31-32-30(29)26(18-10-7-3)19-15-12-9-6-2/h26-27,29,31H,5-24H2,1-4H3. The largest absolute Gasteiger partial charge is 0.378 e. The SMILES string of the molecule is CCCCCCCCOC1CCCC2C(C(CCCC)CCCCCC)=NNC(C)=C2CC1. The minimum atomic E-state index is 0.453. The molecule has 0 aromatic heterocycles. The van der Waals surface area contributed by atoms with Crippen LogP contribution >= 0.6 is 0 Å². The summed E-state index contributed by atoms with van der Waals surface area (Å²) in [4.78, 5) is 0. The van der Waals surface area contributed by atoms with Gasteiger partial charge in [-0.1, -0.05) is 91.4 Å². The average molecular weight is 461 g/mol. The normalized spacial score (nSPS) is 22.2. The van der Waals surface area contributed by atoms with Crippen molar-refractivity contribution in [3.8, 4) is 0 Å². The summed E-state index contributed by atoms with van der Waals surface area (Å²) >= 11 is 0. The molecule has 192 valence electrons. The Morgan fingerprint density at radius 2 is 1.48 bits per heavy atom. The number of nitrogens with one attached hydrogen (secondary N) is 1. The molecule has 3 unspecified atom stereocenters. The van der Waals surface area contributed by atoms with Gasteiger partial charge in [0.15, 0.2) is 0 Å². The van der Waals surface area contributed by atoms with Crippen LogP contribution in [0.1, 0.15) is 150 Å². The summed E-state index contributed by atoms with van der Waals surface area (Å²) in [6.45, 7) is 10.1. The number of nitrogens with zero attached hydrogens (tertiary/aromatic N) is 1. The van der Waals surface area contributed by atoms with E-state index < -0.39 is 0 Å². The molecule has 3 nitrogen and oxygen atoms in total. The van der Waals surface area contributed by atoms with Crippen LogP contribution in [-0.2, 0) is 4.74 Å². The summed E-state index contributed by atoms with van der Waals surface area (Å²) in [5.74, 6) is 1.25. The van der Waals surface area contributed by atoms with Crippen molar-refractivity contribution >= 4 is 5.71 Å². The van der Waals surface area contributed by atoms with E-state index in [9.17, 15) is 0 Å². The lowest BCUT2D eigenvalue weighted by Crippen LogP contribution is -2.34. The highest BCUT2D eigenvalue weighted by Gasteiger charge is 2.32. The summed E-state index contributed by atoms with van der Waals surface area (Å²) in [6, 6.07) is 0. The monoisotopic (exact) mass is 460 g/mol. The van der Waals surface area contributed by atoms with Crippen LogP contribution in [-0.4, -0.2) is 18.4 Å². The predicted octanol–water partition coefficient (Wildman–Crippen LogP) is 9.32. The van der Waals surface area contributed by atoms with E-state index in [0.717, 1.165) is 6.61 Å². The number of allylic oxidation sites excluding steroid dienone is 2.